The number of hydrogen-bond acceptors (Lipinski definition) is 4. The highest BCUT2D eigenvalue weighted by molar-refractivity contribution is 8.00. The van der Waals surface area contributed by atoms with Gasteiger partial charge in [0.05, 0.1) is 17.5 Å². The van der Waals surface area contributed by atoms with Crippen molar-refractivity contribution in [3.05, 3.63) is 30.5 Å². The maximum atomic E-state index is 10.5. The number of rotatable bonds is 3. The number of aromatic nitrogens is 2. The van der Waals surface area contributed by atoms with E-state index < -0.39 is 5.97 Å². The molecule has 1 heterocycles. The molecule has 0 aliphatic rings. The number of aliphatic carboxylic acids is 1. The number of carboxylic acids is 1. The van der Waals surface area contributed by atoms with E-state index in [4.69, 9.17) is 5.11 Å². The van der Waals surface area contributed by atoms with Crippen LogP contribution in [0.1, 0.15) is 0 Å². The Morgan fingerprint density at radius 2 is 2.20 bits per heavy atom. The first-order valence-corrected chi connectivity index (χ1v) is 5.31. The lowest BCUT2D eigenvalue weighted by Gasteiger charge is -2.02. The van der Waals surface area contributed by atoms with Crippen LogP contribution in [-0.4, -0.2) is 27.0 Å². The zero-order valence-electron chi connectivity index (χ0n) is 7.75. The van der Waals surface area contributed by atoms with Gasteiger partial charge < -0.3 is 5.11 Å². The number of fused-ring (bicyclic) bond motifs is 1. The minimum absolute atomic E-state index is 0.0374. The van der Waals surface area contributed by atoms with E-state index in [-0.39, 0.29) is 5.75 Å². The van der Waals surface area contributed by atoms with Gasteiger partial charge in [0.1, 0.15) is 0 Å². The van der Waals surface area contributed by atoms with Crippen LogP contribution >= 0.6 is 11.8 Å². The van der Waals surface area contributed by atoms with Gasteiger partial charge in [-0.15, -0.1) is 11.8 Å². The number of nitrogens with zero attached hydrogens (tertiary/aromatic N) is 2. The summed E-state index contributed by atoms with van der Waals surface area (Å²) in [5.41, 5.74) is 0.785. The molecule has 76 valence electrons. The van der Waals surface area contributed by atoms with Crippen LogP contribution in [0, 0.1) is 0 Å². The Bertz CT molecular complexity index is 496. The van der Waals surface area contributed by atoms with Crippen molar-refractivity contribution in [3.63, 3.8) is 0 Å². The molecule has 0 saturated heterocycles. The Balaban J connectivity index is 2.38. The minimum atomic E-state index is -0.833. The lowest BCUT2D eigenvalue weighted by molar-refractivity contribution is -0.133. The monoisotopic (exact) mass is 220 g/mol. The van der Waals surface area contributed by atoms with Gasteiger partial charge in [0.25, 0.3) is 0 Å². The fourth-order valence-corrected chi connectivity index (χ4v) is 1.97. The molecule has 4 nitrogen and oxygen atoms in total. The van der Waals surface area contributed by atoms with Crippen LogP contribution in [0.25, 0.3) is 10.9 Å². The number of hydrogen-bond donors (Lipinski definition) is 1. The van der Waals surface area contributed by atoms with Crippen molar-refractivity contribution < 1.29 is 9.90 Å². The third-order valence-electron chi connectivity index (χ3n) is 1.86. The third kappa shape index (κ3) is 2.24. The largest absolute Gasteiger partial charge is 0.481 e. The molecule has 15 heavy (non-hydrogen) atoms. The van der Waals surface area contributed by atoms with Gasteiger partial charge in [-0.3, -0.25) is 4.79 Å². The summed E-state index contributed by atoms with van der Waals surface area (Å²) in [6.07, 6.45) is 1.59. The van der Waals surface area contributed by atoms with Gasteiger partial charge in [0.15, 0.2) is 0 Å². The first-order valence-electron chi connectivity index (χ1n) is 4.32. The molecule has 0 unspecified atom stereocenters. The molecule has 0 fully saturated rings. The number of thioether (sulfide) groups is 1. The first-order chi connectivity index (χ1) is 7.27. The summed E-state index contributed by atoms with van der Waals surface area (Å²) in [5.74, 6) is -0.795. The molecule has 2 rings (SSSR count). The zero-order chi connectivity index (χ0) is 10.7. The van der Waals surface area contributed by atoms with Crippen LogP contribution in [0.4, 0.5) is 0 Å². The van der Waals surface area contributed by atoms with E-state index in [1.54, 1.807) is 6.20 Å². The molecule has 0 aliphatic heterocycles. The molecule has 0 spiro atoms. The van der Waals surface area contributed by atoms with Gasteiger partial charge in [0, 0.05) is 10.3 Å². The Hall–Kier alpha value is -1.62. The van der Waals surface area contributed by atoms with Gasteiger partial charge in [-0.05, 0) is 6.07 Å². The molecule has 0 atom stereocenters. The van der Waals surface area contributed by atoms with Crippen LogP contribution in [0.2, 0.25) is 0 Å². The lowest BCUT2D eigenvalue weighted by atomic mass is 10.2. The van der Waals surface area contributed by atoms with E-state index in [0.717, 1.165) is 15.8 Å². The highest BCUT2D eigenvalue weighted by Gasteiger charge is 2.04. The zero-order valence-corrected chi connectivity index (χ0v) is 8.57. The fraction of sp³-hybridized carbons (Fsp3) is 0.100. The van der Waals surface area contributed by atoms with Crippen molar-refractivity contribution >= 4 is 28.6 Å². The molecule has 5 heteroatoms. The maximum absolute atomic E-state index is 10.5. The summed E-state index contributed by atoms with van der Waals surface area (Å²) in [6.45, 7) is 0. The second kappa shape index (κ2) is 4.27. The Morgan fingerprint density at radius 3 is 3.00 bits per heavy atom. The van der Waals surface area contributed by atoms with E-state index in [0.29, 0.717) is 0 Å². The van der Waals surface area contributed by atoms with E-state index >= 15 is 0 Å². The van der Waals surface area contributed by atoms with Crippen LogP contribution in [0.15, 0.2) is 35.4 Å². The van der Waals surface area contributed by atoms with Gasteiger partial charge in [-0.1, -0.05) is 18.2 Å². The molecule has 2 aromatic rings. The van der Waals surface area contributed by atoms with E-state index in [2.05, 4.69) is 10.2 Å². The smallest absolute Gasteiger partial charge is 0.313 e. The summed E-state index contributed by atoms with van der Waals surface area (Å²) in [6, 6.07) is 7.54. The van der Waals surface area contributed by atoms with Gasteiger partial charge in [-0.25, -0.2) is 0 Å². The Morgan fingerprint density at radius 1 is 1.40 bits per heavy atom. The maximum Gasteiger partial charge on any atom is 0.313 e. The number of carbonyl (C=O) groups is 1. The SMILES string of the molecule is O=C(O)CSc1cnnc2ccccc12. The molecule has 0 saturated carbocycles. The summed E-state index contributed by atoms with van der Waals surface area (Å²) < 4.78 is 0. The average Bonchev–Trinajstić information content (AvgIpc) is 2.26. The third-order valence-corrected chi connectivity index (χ3v) is 2.89. The predicted molar refractivity (Wildman–Crippen MR) is 57.9 cm³/mol. The molecule has 0 amide bonds. The second-order valence-corrected chi connectivity index (χ2v) is 3.93. The van der Waals surface area contributed by atoms with Crippen LogP contribution in [-0.2, 0) is 4.79 Å². The van der Waals surface area contributed by atoms with Crippen LogP contribution < -0.4 is 0 Å². The average molecular weight is 220 g/mol. The lowest BCUT2D eigenvalue weighted by Crippen LogP contribution is -1.98. The molecular formula is C10H8N2O2S. The molecule has 0 aliphatic carbocycles. The predicted octanol–water partition coefficient (Wildman–Crippen LogP) is 1.81. The van der Waals surface area contributed by atoms with Gasteiger partial charge >= 0.3 is 5.97 Å². The summed E-state index contributed by atoms with van der Waals surface area (Å²) in [7, 11) is 0. The van der Waals surface area contributed by atoms with Crippen LogP contribution in [0.5, 0.6) is 0 Å². The van der Waals surface area contributed by atoms with Gasteiger partial charge in [0.2, 0.25) is 0 Å². The topological polar surface area (TPSA) is 63.1 Å². The molecule has 0 bridgehead atoms. The van der Waals surface area contributed by atoms with Crippen molar-refractivity contribution in [2.75, 3.05) is 5.75 Å². The standard InChI is InChI=1S/C10H8N2O2S/c13-10(14)6-15-9-5-11-12-8-4-2-1-3-7(8)9/h1-5H,6H2,(H,13,14). The van der Waals surface area contributed by atoms with Crippen molar-refractivity contribution in [2.24, 2.45) is 0 Å². The molecule has 1 aromatic heterocycles. The van der Waals surface area contributed by atoms with E-state index in [1.165, 1.54) is 11.8 Å². The van der Waals surface area contributed by atoms with Crippen LogP contribution in [0.3, 0.4) is 0 Å². The normalized spacial score (nSPS) is 10.4. The van der Waals surface area contributed by atoms with E-state index in [9.17, 15) is 4.79 Å². The van der Waals surface area contributed by atoms with Crippen molar-refractivity contribution in [1.29, 1.82) is 0 Å². The highest BCUT2D eigenvalue weighted by Crippen LogP contribution is 2.24. The van der Waals surface area contributed by atoms with E-state index in [1.807, 2.05) is 24.3 Å². The summed E-state index contributed by atoms with van der Waals surface area (Å²) in [5, 5.41) is 17.3. The minimum Gasteiger partial charge on any atom is -0.481 e. The van der Waals surface area contributed by atoms with Gasteiger partial charge in [-0.2, -0.15) is 10.2 Å². The van der Waals surface area contributed by atoms with Crippen molar-refractivity contribution in [2.45, 2.75) is 4.90 Å². The van der Waals surface area contributed by atoms with Crippen molar-refractivity contribution in [1.82, 2.24) is 10.2 Å². The quantitative estimate of drug-likeness (QED) is 0.799. The Labute approximate surface area is 90.3 Å². The molecular weight excluding hydrogens is 212 g/mol. The summed E-state index contributed by atoms with van der Waals surface area (Å²) >= 11 is 1.26. The summed E-state index contributed by atoms with van der Waals surface area (Å²) in [4.78, 5) is 11.3. The Kier molecular flexibility index (Phi) is 2.82. The fourth-order valence-electron chi connectivity index (χ4n) is 1.24. The second-order valence-electron chi connectivity index (χ2n) is 2.91. The molecule has 1 aromatic carbocycles. The molecule has 0 radical (unpaired) electrons. The van der Waals surface area contributed by atoms with Crippen molar-refractivity contribution in [3.8, 4) is 0 Å². The number of carboxylic acid groups (broad SMARTS) is 1. The number of benzene rings is 1. The highest BCUT2D eigenvalue weighted by atomic mass is 32.2. The molecule has 1 N–H and O–H groups in total. The first kappa shape index (κ1) is 9.92.